The molecule has 3 rings (SSSR count). The molecule has 1 fully saturated rings. The van der Waals surface area contributed by atoms with E-state index in [0.29, 0.717) is 6.04 Å². The summed E-state index contributed by atoms with van der Waals surface area (Å²) in [5.74, 6) is 2.46. The molecule has 1 N–H and O–H groups in total. The summed E-state index contributed by atoms with van der Waals surface area (Å²) in [7, 11) is 3.41. The molecule has 21 heavy (non-hydrogen) atoms. The lowest BCUT2D eigenvalue weighted by Crippen LogP contribution is -2.51. The van der Waals surface area contributed by atoms with Crippen LogP contribution in [-0.2, 0) is 13.0 Å². The van der Waals surface area contributed by atoms with Crippen molar-refractivity contribution in [3.05, 3.63) is 23.3 Å². The topological polar surface area (TPSA) is 33.7 Å². The molecule has 0 amide bonds. The predicted molar refractivity (Wildman–Crippen MR) is 84.1 cm³/mol. The summed E-state index contributed by atoms with van der Waals surface area (Å²) in [6.07, 6.45) is 2.37. The second-order valence-corrected chi connectivity index (χ2v) is 6.23. The fourth-order valence-electron chi connectivity index (χ4n) is 3.65. The third-order valence-electron chi connectivity index (χ3n) is 5.00. The van der Waals surface area contributed by atoms with Gasteiger partial charge in [0.15, 0.2) is 11.5 Å². The molecule has 2 atom stereocenters. The minimum Gasteiger partial charge on any atom is -0.493 e. The molecule has 0 saturated carbocycles. The first-order valence-corrected chi connectivity index (χ1v) is 7.91. The number of fused-ring (bicyclic) bond motifs is 1. The lowest BCUT2D eigenvalue weighted by molar-refractivity contribution is 0.109. The summed E-state index contributed by atoms with van der Waals surface area (Å²) in [5, 5.41) is 3.54. The minimum atomic E-state index is 0.653. The lowest BCUT2D eigenvalue weighted by atomic mass is 9.90. The first-order valence-electron chi connectivity index (χ1n) is 7.91. The molecule has 2 heterocycles. The fourth-order valence-corrected chi connectivity index (χ4v) is 3.65. The van der Waals surface area contributed by atoms with Crippen molar-refractivity contribution in [3.8, 4) is 11.5 Å². The highest BCUT2D eigenvalue weighted by Gasteiger charge is 2.30. The average molecular weight is 290 g/mol. The van der Waals surface area contributed by atoms with Crippen molar-refractivity contribution < 1.29 is 9.47 Å². The number of ether oxygens (including phenoxy) is 2. The van der Waals surface area contributed by atoms with E-state index in [1.807, 2.05) is 0 Å². The zero-order valence-electron chi connectivity index (χ0n) is 13.3. The van der Waals surface area contributed by atoms with E-state index in [0.717, 1.165) is 50.0 Å². The number of rotatable bonds is 3. The van der Waals surface area contributed by atoms with Crippen molar-refractivity contribution in [1.29, 1.82) is 0 Å². The van der Waals surface area contributed by atoms with Crippen LogP contribution in [0.4, 0.5) is 0 Å². The zero-order chi connectivity index (χ0) is 14.8. The molecule has 1 saturated heterocycles. The Morgan fingerprint density at radius 2 is 1.86 bits per heavy atom. The zero-order valence-corrected chi connectivity index (χ0v) is 13.3. The highest BCUT2D eigenvalue weighted by atomic mass is 16.5. The van der Waals surface area contributed by atoms with Gasteiger partial charge in [-0.2, -0.15) is 0 Å². The Hall–Kier alpha value is -1.26. The summed E-state index contributed by atoms with van der Waals surface area (Å²) >= 11 is 0. The van der Waals surface area contributed by atoms with Crippen molar-refractivity contribution in [3.63, 3.8) is 0 Å². The molecule has 0 bridgehead atoms. The van der Waals surface area contributed by atoms with Crippen LogP contribution in [0.1, 0.15) is 24.5 Å². The van der Waals surface area contributed by atoms with Gasteiger partial charge >= 0.3 is 0 Å². The molecular formula is C17H26N2O2. The van der Waals surface area contributed by atoms with Gasteiger partial charge in [-0.3, -0.25) is 4.90 Å². The minimum absolute atomic E-state index is 0.653. The van der Waals surface area contributed by atoms with Crippen LogP contribution in [0.15, 0.2) is 12.1 Å². The molecule has 4 nitrogen and oxygen atoms in total. The van der Waals surface area contributed by atoms with Gasteiger partial charge in [-0.25, -0.2) is 0 Å². The van der Waals surface area contributed by atoms with Gasteiger partial charge < -0.3 is 14.8 Å². The maximum Gasteiger partial charge on any atom is 0.161 e. The lowest BCUT2D eigenvalue weighted by Gasteiger charge is -2.41. The van der Waals surface area contributed by atoms with E-state index in [-0.39, 0.29) is 0 Å². The van der Waals surface area contributed by atoms with E-state index >= 15 is 0 Å². The molecule has 0 aliphatic carbocycles. The highest BCUT2D eigenvalue weighted by Crippen LogP contribution is 2.34. The van der Waals surface area contributed by atoms with Crippen LogP contribution in [0, 0.1) is 5.92 Å². The van der Waals surface area contributed by atoms with E-state index in [1.54, 1.807) is 14.2 Å². The second-order valence-electron chi connectivity index (χ2n) is 6.23. The Morgan fingerprint density at radius 1 is 1.14 bits per heavy atom. The molecular weight excluding hydrogens is 264 g/mol. The summed E-state index contributed by atoms with van der Waals surface area (Å²) in [4.78, 5) is 2.63. The summed E-state index contributed by atoms with van der Waals surface area (Å²) in [6, 6.07) is 4.95. The largest absolute Gasteiger partial charge is 0.493 e. The van der Waals surface area contributed by atoms with E-state index < -0.39 is 0 Å². The number of methoxy groups -OCH3 is 2. The molecule has 1 aromatic rings. The normalized spacial score (nSPS) is 26.2. The Kier molecular flexibility index (Phi) is 4.36. The van der Waals surface area contributed by atoms with Crippen LogP contribution in [0.25, 0.3) is 0 Å². The van der Waals surface area contributed by atoms with Gasteiger partial charge in [0.25, 0.3) is 0 Å². The van der Waals surface area contributed by atoms with Crippen LogP contribution in [0.3, 0.4) is 0 Å². The van der Waals surface area contributed by atoms with Gasteiger partial charge in [0.05, 0.1) is 14.2 Å². The van der Waals surface area contributed by atoms with E-state index in [9.17, 15) is 0 Å². The van der Waals surface area contributed by atoms with E-state index in [1.165, 1.54) is 17.5 Å². The van der Waals surface area contributed by atoms with Crippen molar-refractivity contribution in [2.24, 2.45) is 5.92 Å². The van der Waals surface area contributed by atoms with Gasteiger partial charge in [0, 0.05) is 25.7 Å². The Bertz CT molecular complexity index is 504. The van der Waals surface area contributed by atoms with Crippen LogP contribution in [-0.4, -0.2) is 44.8 Å². The van der Waals surface area contributed by atoms with Crippen molar-refractivity contribution >= 4 is 0 Å². The number of nitrogens with zero attached hydrogens (tertiary/aromatic N) is 1. The highest BCUT2D eigenvalue weighted by molar-refractivity contribution is 5.48. The van der Waals surface area contributed by atoms with E-state index in [4.69, 9.17) is 9.47 Å². The quantitative estimate of drug-likeness (QED) is 0.924. The SMILES string of the molecule is COc1cc2c(cc1OC)CN(C1CNCCC1C)CC2. The van der Waals surface area contributed by atoms with Gasteiger partial charge in [-0.1, -0.05) is 6.92 Å². The molecule has 1 aromatic carbocycles. The third-order valence-corrected chi connectivity index (χ3v) is 5.00. The van der Waals surface area contributed by atoms with Crippen molar-refractivity contribution in [1.82, 2.24) is 10.2 Å². The average Bonchev–Trinajstić information content (AvgIpc) is 2.53. The maximum atomic E-state index is 5.45. The van der Waals surface area contributed by atoms with Crippen LogP contribution in [0.5, 0.6) is 11.5 Å². The first kappa shape index (κ1) is 14.7. The van der Waals surface area contributed by atoms with Gasteiger partial charge in [0.2, 0.25) is 0 Å². The number of nitrogens with one attached hydrogen (secondary N) is 1. The molecule has 4 heteroatoms. The molecule has 2 unspecified atom stereocenters. The molecule has 0 aromatic heterocycles. The van der Waals surface area contributed by atoms with E-state index in [2.05, 4.69) is 29.3 Å². The summed E-state index contributed by atoms with van der Waals surface area (Å²) in [6.45, 7) is 6.82. The molecule has 0 spiro atoms. The Labute approximate surface area is 127 Å². The molecule has 2 aliphatic heterocycles. The predicted octanol–water partition coefficient (Wildman–Crippen LogP) is 2.06. The third kappa shape index (κ3) is 2.87. The maximum absolute atomic E-state index is 5.45. The standard InChI is InChI=1S/C17H26N2O2/c1-12-4-6-18-10-15(12)19-7-5-13-8-16(20-2)17(21-3)9-14(13)11-19/h8-9,12,15,18H,4-7,10-11H2,1-3H3. The van der Waals surface area contributed by atoms with Crippen LogP contribution >= 0.6 is 0 Å². The van der Waals surface area contributed by atoms with Crippen LogP contribution < -0.4 is 14.8 Å². The van der Waals surface area contributed by atoms with Gasteiger partial charge in [-0.05, 0) is 48.6 Å². The van der Waals surface area contributed by atoms with Crippen molar-refractivity contribution in [2.45, 2.75) is 32.4 Å². The summed E-state index contributed by atoms with van der Waals surface area (Å²) in [5.41, 5.74) is 2.79. The van der Waals surface area contributed by atoms with Crippen LogP contribution in [0.2, 0.25) is 0 Å². The molecule has 2 aliphatic rings. The summed E-state index contributed by atoms with van der Waals surface area (Å²) < 4.78 is 10.9. The van der Waals surface area contributed by atoms with Gasteiger partial charge in [-0.15, -0.1) is 0 Å². The Morgan fingerprint density at radius 3 is 2.52 bits per heavy atom. The Balaban J connectivity index is 1.81. The number of benzene rings is 1. The second kappa shape index (κ2) is 6.24. The monoisotopic (exact) mass is 290 g/mol. The number of hydrogen-bond acceptors (Lipinski definition) is 4. The number of hydrogen-bond donors (Lipinski definition) is 1. The smallest absolute Gasteiger partial charge is 0.161 e. The van der Waals surface area contributed by atoms with Crippen molar-refractivity contribution in [2.75, 3.05) is 33.9 Å². The van der Waals surface area contributed by atoms with Gasteiger partial charge in [0.1, 0.15) is 0 Å². The molecule has 116 valence electrons. The number of piperidine rings is 1. The first-order chi connectivity index (χ1) is 10.2. The fraction of sp³-hybridized carbons (Fsp3) is 0.647. The molecule has 0 radical (unpaired) electrons.